The minimum absolute atomic E-state index is 0.0259. The molecule has 1 fully saturated rings. The van der Waals surface area contributed by atoms with Gasteiger partial charge in [0.05, 0.1) is 16.8 Å². The largest absolute Gasteiger partial charge is 0.465 e. The lowest BCUT2D eigenvalue weighted by molar-refractivity contribution is -0.149. The van der Waals surface area contributed by atoms with Gasteiger partial charge in [-0.15, -0.1) is 0 Å². The quantitative estimate of drug-likeness (QED) is 0.738. The Kier molecular flexibility index (Phi) is 5.29. The van der Waals surface area contributed by atoms with Crippen LogP contribution >= 0.6 is 11.6 Å². The minimum atomic E-state index is -3.94. The van der Waals surface area contributed by atoms with E-state index in [4.69, 9.17) is 22.1 Å². The lowest BCUT2D eigenvalue weighted by Crippen LogP contribution is -2.33. The summed E-state index contributed by atoms with van der Waals surface area (Å²) in [5, 5.41) is -0.751. The van der Waals surface area contributed by atoms with Crippen LogP contribution in [0.3, 0.4) is 0 Å². The number of carbonyl (C=O) groups excluding carboxylic acids is 1. The van der Waals surface area contributed by atoms with E-state index in [1.165, 1.54) is 42.5 Å². The maximum atomic E-state index is 13.7. The third-order valence-corrected chi connectivity index (χ3v) is 7.48. The van der Waals surface area contributed by atoms with Crippen LogP contribution in [0.5, 0.6) is 0 Å². The highest BCUT2D eigenvalue weighted by atomic mass is 35.5. The Balaban J connectivity index is 2.12. The summed E-state index contributed by atoms with van der Waals surface area (Å²) in [5.41, 5.74) is 4.82. The van der Waals surface area contributed by atoms with Crippen molar-refractivity contribution in [2.45, 2.75) is 23.0 Å². The second-order valence-corrected chi connectivity index (χ2v) is 8.92. The van der Waals surface area contributed by atoms with Gasteiger partial charge < -0.3 is 10.5 Å². The molecule has 1 aliphatic carbocycles. The van der Waals surface area contributed by atoms with Crippen LogP contribution in [0.2, 0.25) is 5.02 Å². The van der Waals surface area contributed by atoms with Gasteiger partial charge in [-0.2, -0.15) is 0 Å². The first-order chi connectivity index (χ1) is 12.8. The van der Waals surface area contributed by atoms with Gasteiger partial charge in [-0.3, -0.25) is 4.79 Å². The molecule has 0 spiro atoms. The topological polar surface area (TPSA) is 86.5 Å². The summed E-state index contributed by atoms with van der Waals surface area (Å²) in [6.07, 6.45) is 0. The number of benzene rings is 2. The molecular formula is C19H19ClFNO4S. The maximum Gasteiger partial charge on any atom is 0.315 e. The van der Waals surface area contributed by atoms with Crippen molar-refractivity contribution in [2.75, 3.05) is 13.2 Å². The van der Waals surface area contributed by atoms with Crippen molar-refractivity contribution >= 4 is 27.4 Å². The number of sulfone groups is 1. The highest BCUT2D eigenvalue weighted by Gasteiger charge is 2.75. The van der Waals surface area contributed by atoms with E-state index in [9.17, 15) is 17.6 Å². The molecule has 0 radical (unpaired) electrons. The predicted octanol–water partition coefficient (Wildman–Crippen LogP) is 2.93. The van der Waals surface area contributed by atoms with Crippen molar-refractivity contribution in [2.24, 2.45) is 11.1 Å². The summed E-state index contributed by atoms with van der Waals surface area (Å²) in [5.74, 6) is -2.00. The summed E-state index contributed by atoms with van der Waals surface area (Å²) >= 11 is 5.84. The van der Waals surface area contributed by atoms with Crippen LogP contribution in [0.1, 0.15) is 18.4 Å². The maximum absolute atomic E-state index is 13.7. The molecule has 0 aliphatic heterocycles. The van der Waals surface area contributed by atoms with E-state index in [0.29, 0.717) is 10.6 Å². The Hall–Kier alpha value is -1.96. The van der Waals surface area contributed by atoms with Gasteiger partial charge >= 0.3 is 5.97 Å². The Morgan fingerprint density at radius 3 is 2.48 bits per heavy atom. The molecular weight excluding hydrogens is 393 g/mol. The molecule has 2 aromatic rings. The van der Waals surface area contributed by atoms with Crippen LogP contribution in [-0.4, -0.2) is 32.8 Å². The summed E-state index contributed by atoms with van der Waals surface area (Å²) in [6, 6.07) is 11.2. The number of rotatable bonds is 6. The SMILES string of the molecule is CCOC(=O)[C@@]1(CN)[C@H](S(=O)(=O)c2ccc(Cl)cc2)[C@@H]1c1cccc(F)c1. The van der Waals surface area contributed by atoms with Crippen LogP contribution < -0.4 is 5.73 Å². The summed E-state index contributed by atoms with van der Waals surface area (Å²) in [7, 11) is -3.94. The molecule has 5 nitrogen and oxygen atoms in total. The molecule has 0 amide bonds. The van der Waals surface area contributed by atoms with E-state index >= 15 is 0 Å². The van der Waals surface area contributed by atoms with Gasteiger partial charge in [-0.25, -0.2) is 12.8 Å². The molecule has 1 saturated carbocycles. The van der Waals surface area contributed by atoms with E-state index in [2.05, 4.69) is 0 Å². The van der Waals surface area contributed by atoms with E-state index in [1.54, 1.807) is 13.0 Å². The third kappa shape index (κ3) is 3.24. The van der Waals surface area contributed by atoms with Crippen LogP contribution in [-0.2, 0) is 19.4 Å². The molecule has 0 aromatic heterocycles. The second-order valence-electron chi connectivity index (χ2n) is 6.42. The van der Waals surface area contributed by atoms with Crippen LogP contribution in [0.25, 0.3) is 0 Å². The van der Waals surface area contributed by atoms with E-state index in [0.717, 1.165) is 0 Å². The van der Waals surface area contributed by atoms with Gasteiger partial charge in [0.1, 0.15) is 11.2 Å². The zero-order chi connectivity index (χ0) is 19.8. The van der Waals surface area contributed by atoms with Gasteiger partial charge in [0.2, 0.25) is 0 Å². The van der Waals surface area contributed by atoms with Crippen molar-refractivity contribution in [3.05, 3.63) is 64.9 Å². The summed E-state index contributed by atoms with van der Waals surface area (Å²) < 4.78 is 45.4. The molecule has 1 aliphatic rings. The number of ether oxygens (including phenoxy) is 1. The molecule has 27 heavy (non-hydrogen) atoms. The first-order valence-corrected chi connectivity index (χ1v) is 10.3. The number of carbonyl (C=O) groups is 1. The standard InChI is InChI=1S/C19H19ClFNO4S/c1-2-26-18(23)19(11-22)16(12-4-3-5-14(21)10-12)17(19)27(24,25)15-8-6-13(20)7-9-15/h3-10,16-17H,2,11,22H2,1H3/t16-,17+,19+/m0/s1. The van der Waals surface area contributed by atoms with Crippen LogP contribution in [0.4, 0.5) is 4.39 Å². The molecule has 2 N–H and O–H groups in total. The van der Waals surface area contributed by atoms with E-state index in [1.807, 2.05) is 0 Å². The highest BCUT2D eigenvalue weighted by molar-refractivity contribution is 7.92. The average molecular weight is 412 g/mol. The Labute approximate surface area is 162 Å². The fourth-order valence-electron chi connectivity index (χ4n) is 3.64. The number of nitrogens with two attached hydrogens (primary N) is 1. The summed E-state index contributed by atoms with van der Waals surface area (Å²) in [4.78, 5) is 12.7. The fourth-order valence-corrected chi connectivity index (χ4v) is 6.15. The molecule has 2 aromatic carbocycles. The zero-order valence-electron chi connectivity index (χ0n) is 14.6. The molecule has 0 unspecified atom stereocenters. The van der Waals surface area contributed by atoms with Crippen molar-refractivity contribution < 1.29 is 22.3 Å². The second kappa shape index (κ2) is 7.22. The Morgan fingerprint density at radius 2 is 1.93 bits per heavy atom. The number of hydrogen-bond donors (Lipinski definition) is 1. The van der Waals surface area contributed by atoms with Crippen molar-refractivity contribution in [1.82, 2.24) is 0 Å². The molecule has 0 heterocycles. The van der Waals surface area contributed by atoms with E-state index < -0.39 is 38.2 Å². The first-order valence-electron chi connectivity index (χ1n) is 8.41. The Bertz CT molecular complexity index is 964. The lowest BCUT2D eigenvalue weighted by atomic mass is 9.99. The monoisotopic (exact) mass is 411 g/mol. The average Bonchev–Trinajstić information content (AvgIpc) is 3.34. The highest BCUT2D eigenvalue weighted by Crippen LogP contribution is 2.64. The summed E-state index contributed by atoms with van der Waals surface area (Å²) in [6.45, 7) is 1.49. The van der Waals surface area contributed by atoms with Gasteiger partial charge in [0.25, 0.3) is 0 Å². The normalized spacial score (nSPS) is 24.4. The first kappa shape index (κ1) is 19.8. The van der Waals surface area contributed by atoms with Gasteiger partial charge in [-0.1, -0.05) is 23.7 Å². The lowest BCUT2D eigenvalue weighted by Gasteiger charge is -2.14. The molecule has 3 rings (SSSR count). The van der Waals surface area contributed by atoms with Gasteiger partial charge in [-0.05, 0) is 48.9 Å². The van der Waals surface area contributed by atoms with E-state index in [-0.39, 0.29) is 18.0 Å². The molecule has 144 valence electrons. The van der Waals surface area contributed by atoms with Crippen molar-refractivity contribution in [1.29, 1.82) is 0 Å². The fraction of sp³-hybridized carbons (Fsp3) is 0.316. The molecule has 0 bridgehead atoms. The smallest absolute Gasteiger partial charge is 0.315 e. The van der Waals surface area contributed by atoms with Crippen molar-refractivity contribution in [3.8, 4) is 0 Å². The van der Waals surface area contributed by atoms with Crippen LogP contribution in [0.15, 0.2) is 53.4 Å². The molecule has 3 atom stereocenters. The molecule has 8 heteroatoms. The number of halogens is 2. The number of hydrogen-bond acceptors (Lipinski definition) is 5. The Morgan fingerprint density at radius 1 is 1.26 bits per heavy atom. The van der Waals surface area contributed by atoms with Gasteiger partial charge in [0.15, 0.2) is 9.84 Å². The predicted molar refractivity (Wildman–Crippen MR) is 99.7 cm³/mol. The zero-order valence-corrected chi connectivity index (χ0v) is 16.1. The third-order valence-electron chi connectivity index (χ3n) is 4.93. The van der Waals surface area contributed by atoms with Crippen molar-refractivity contribution in [3.63, 3.8) is 0 Å². The number of esters is 1. The molecule has 0 saturated heterocycles. The minimum Gasteiger partial charge on any atom is -0.465 e. The van der Waals surface area contributed by atoms with Gasteiger partial charge in [0, 0.05) is 17.5 Å². The van der Waals surface area contributed by atoms with Crippen LogP contribution in [0, 0.1) is 11.2 Å².